The van der Waals surface area contributed by atoms with Crippen molar-refractivity contribution in [2.75, 3.05) is 26.4 Å². The van der Waals surface area contributed by atoms with Crippen LogP contribution in [0, 0.1) is 5.92 Å². The molecule has 2 rings (SSSR count). The van der Waals surface area contributed by atoms with E-state index in [0.29, 0.717) is 12.0 Å². The minimum Gasteiger partial charge on any atom is -0.381 e. The van der Waals surface area contributed by atoms with Gasteiger partial charge in [-0.05, 0) is 39.2 Å². The third-order valence-corrected chi connectivity index (χ3v) is 4.50. The Morgan fingerprint density at radius 1 is 1.33 bits per heavy atom. The van der Waals surface area contributed by atoms with Gasteiger partial charge in [0.1, 0.15) is 0 Å². The molecular formula is C15H29NO2. The van der Waals surface area contributed by atoms with E-state index in [2.05, 4.69) is 19.2 Å². The van der Waals surface area contributed by atoms with Crippen LogP contribution in [0.25, 0.3) is 0 Å². The summed E-state index contributed by atoms with van der Waals surface area (Å²) in [6.07, 6.45) is 7.45. The van der Waals surface area contributed by atoms with Crippen molar-refractivity contribution in [2.24, 2.45) is 5.92 Å². The SMILES string of the molecule is CCCNC(C1CCOC1)C1(OCC)CCCC1. The number of rotatable bonds is 7. The molecular weight excluding hydrogens is 226 g/mol. The monoisotopic (exact) mass is 255 g/mol. The third kappa shape index (κ3) is 3.06. The maximum Gasteiger partial charge on any atom is 0.0838 e. The molecule has 3 nitrogen and oxygen atoms in total. The van der Waals surface area contributed by atoms with E-state index >= 15 is 0 Å². The lowest BCUT2D eigenvalue weighted by Gasteiger charge is -2.41. The molecule has 2 fully saturated rings. The largest absolute Gasteiger partial charge is 0.381 e. The number of hydrogen-bond donors (Lipinski definition) is 1. The summed E-state index contributed by atoms with van der Waals surface area (Å²) < 4.78 is 11.8. The summed E-state index contributed by atoms with van der Waals surface area (Å²) in [6, 6.07) is 0.488. The molecule has 0 bridgehead atoms. The molecule has 2 aliphatic rings. The molecule has 0 aromatic carbocycles. The summed E-state index contributed by atoms with van der Waals surface area (Å²) in [5.41, 5.74) is 0.0856. The van der Waals surface area contributed by atoms with E-state index < -0.39 is 0 Å². The molecule has 1 saturated heterocycles. The van der Waals surface area contributed by atoms with Crippen LogP contribution in [0.4, 0.5) is 0 Å². The van der Waals surface area contributed by atoms with Crippen molar-refractivity contribution in [3.8, 4) is 0 Å². The van der Waals surface area contributed by atoms with Crippen LogP contribution in [-0.2, 0) is 9.47 Å². The molecule has 1 heterocycles. The maximum absolute atomic E-state index is 6.24. The van der Waals surface area contributed by atoms with Crippen LogP contribution in [-0.4, -0.2) is 38.0 Å². The topological polar surface area (TPSA) is 30.5 Å². The van der Waals surface area contributed by atoms with E-state index in [-0.39, 0.29) is 5.60 Å². The van der Waals surface area contributed by atoms with E-state index in [1.165, 1.54) is 38.5 Å². The van der Waals surface area contributed by atoms with Gasteiger partial charge < -0.3 is 14.8 Å². The van der Waals surface area contributed by atoms with Crippen LogP contribution in [0.3, 0.4) is 0 Å². The highest BCUT2D eigenvalue weighted by molar-refractivity contribution is 5.01. The van der Waals surface area contributed by atoms with Gasteiger partial charge in [0.15, 0.2) is 0 Å². The summed E-state index contributed by atoms with van der Waals surface area (Å²) in [4.78, 5) is 0. The van der Waals surface area contributed by atoms with Gasteiger partial charge >= 0.3 is 0 Å². The fourth-order valence-corrected chi connectivity index (χ4v) is 3.70. The van der Waals surface area contributed by atoms with Crippen molar-refractivity contribution >= 4 is 0 Å². The summed E-state index contributed by atoms with van der Waals surface area (Å²) in [6.45, 7) is 8.13. The third-order valence-electron chi connectivity index (χ3n) is 4.50. The lowest BCUT2D eigenvalue weighted by atomic mass is 9.82. The van der Waals surface area contributed by atoms with Crippen LogP contribution in [0.5, 0.6) is 0 Å². The molecule has 1 aliphatic heterocycles. The second-order valence-electron chi connectivity index (χ2n) is 5.76. The van der Waals surface area contributed by atoms with Crippen molar-refractivity contribution in [1.82, 2.24) is 5.32 Å². The van der Waals surface area contributed by atoms with E-state index in [1.807, 2.05) is 0 Å². The lowest BCUT2D eigenvalue weighted by Crippen LogP contribution is -2.55. The van der Waals surface area contributed by atoms with Gasteiger partial charge in [0.05, 0.1) is 12.2 Å². The van der Waals surface area contributed by atoms with Gasteiger partial charge in [0.2, 0.25) is 0 Å². The van der Waals surface area contributed by atoms with Crippen LogP contribution >= 0.6 is 0 Å². The molecule has 0 amide bonds. The van der Waals surface area contributed by atoms with E-state index in [9.17, 15) is 0 Å². The Morgan fingerprint density at radius 2 is 2.11 bits per heavy atom. The predicted octanol–water partition coefficient (Wildman–Crippen LogP) is 2.74. The molecule has 2 unspecified atom stereocenters. The van der Waals surface area contributed by atoms with Crippen molar-refractivity contribution in [2.45, 2.75) is 64.0 Å². The average molecular weight is 255 g/mol. The highest BCUT2D eigenvalue weighted by Crippen LogP contribution is 2.40. The number of hydrogen-bond acceptors (Lipinski definition) is 3. The fraction of sp³-hybridized carbons (Fsp3) is 1.00. The molecule has 18 heavy (non-hydrogen) atoms. The van der Waals surface area contributed by atoms with Crippen molar-refractivity contribution in [3.05, 3.63) is 0 Å². The Balaban J connectivity index is 2.08. The minimum absolute atomic E-state index is 0.0856. The van der Waals surface area contributed by atoms with E-state index in [0.717, 1.165) is 26.4 Å². The van der Waals surface area contributed by atoms with Crippen molar-refractivity contribution in [1.29, 1.82) is 0 Å². The molecule has 2 atom stereocenters. The van der Waals surface area contributed by atoms with Crippen molar-refractivity contribution < 1.29 is 9.47 Å². The first kappa shape index (κ1) is 14.3. The number of ether oxygens (including phenoxy) is 2. The standard InChI is InChI=1S/C15H29NO2/c1-3-10-16-14(13-7-11-17-12-13)15(18-4-2)8-5-6-9-15/h13-14,16H,3-12H2,1-2H3. The second-order valence-corrected chi connectivity index (χ2v) is 5.76. The van der Waals surface area contributed by atoms with Gasteiger partial charge in [0.25, 0.3) is 0 Å². The van der Waals surface area contributed by atoms with E-state index in [4.69, 9.17) is 9.47 Å². The Labute approximate surface area is 112 Å². The predicted molar refractivity (Wildman–Crippen MR) is 73.8 cm³/mol. The van der Waals surface area contributed by atoms with Gasteiger partial charge in [-0.2, -0.15) is 0 Å². The van der Waals surface area contributed by atoms with Crippen LogP contribution in [0.1, 0.15) is 52.4 Å². The maximum atomic E-state index is 6.24. The summed E-state index contributed by atoms with van der Waals surface area (Å²) in [7, 11) is 0. The first-order valence-corrected chi connectivity index (χ1v) is 7.77. The Hall–Kier alpha value is -0.120. The van der Waals surface area contributed by atoms with Gasteiger partial charge in [-0.3, -0.25) is 0 Å². The zero-order valence-corrected chi connectivity index (χ0v) is 12.0. The first-order valence-electron chi connectivity index (χ1n) is 7.77. The molecule has 1 aliphatic carbocycles. The van der Waals surface area contributed by atoms with Gasteiger partial charge in [-0.1, -0.05) is 19.8 Å². The Bertz CT molecular complexity index is 233. The molecule has 0 aromatic heterocycles. The summed E-state index contributed by atoms with van der Waals surface area (Å²) in [5, 5.41) is 3.77. The Morgan fingerprint density at radius 3 is 2.67 bits per heavy atom. The molecule has 1 saturated carbocycles. The zero-order valence-electron chi connectivity index (χ0n) is 12.0. The molecule has 3 heteroatoms. The Kier molecular flexibility index (Phi) is 5.46. The van der Waals surface area contributed by atoms with Gasteiger partial charge in [0, 0.05) is 25.2 Å². The van der Waals surface area contributed by atoms with Crippen molar-refractivity contribution in [3.63, 3.8) is 0 Å². The minimum atomic E-state index is 0.0856. The lowest BCUT2D eigenvalue weighted by molar-refractivity contribution is -0.0757. The highest BCUT2D eigenvalue weighted by atomic mass is 16.5. The molecule has 0 radical (unpaired) electrons. The fourth-order valence-electron chi connectivity index (χ4n) is 3.70. The molecule has 1 N–H and O–H groups in total. The molecule has 0 aromatic rings. The van der Waals surface area contributed by atoms with E-state index in [1.54, 1.807) is 0 Å². The number of nitrogens with one attached hydrogen (secondary N) is 1. The summed E-state index contributed by atoms with van der Waals surface area (Å²) in [5.74, 6) is 0.640. The smallest absolute Gasteiger partial charge is 0.0838 e. The molecule has 106 valence electrons. The van der Waals surface area contributed by atoms with Gasteiger partial charge in [-0.25, -0.2) is 0 Å². The molecule has 0 spiro atoms. The first-order chi connectivity index (χ1) is 8.82. The van der Waals surface area contributed by atoms with Crippen LogP contribution in [0.15, 0.2) is 0 Å². The summed E-state index contributed by atoms with van der Waals surface area (Å²) >= 11 is 0. The second kappa shape index (κ2) is 6.88. The van der Waals surface area contributed by atoms with Gasteiger partial charge in [-0.15, -0.1) is 0 Å². The normalized spacial score (nSPS) is 28.7. The zero-order chi connectivity index (χ0) is 12.8. The van der Waals surface area contributed by atoms with Crippen LogP contribution < -0.4 is 5.32 Å². The highest BCUT2D eigenvalue weighted by Gasteiger charge is 2.46. The average Bonchev–Trinajstić information content (AvgIpc) is 3.02. The van der Waals surface area contributed by atoms with Crippen LogP contribution in [0.2, 0.25) is 0 Å². The quantitative estimate of drug-likeness (QED) is 0.759.